The highest BCUT2D eigenvalue weighted by atomic mass is 32.2. The number of carbonyl (C=O) groups is 1. The van der Waals surface area contributed by atoms with E-state index in [-0.39, 0.29) is 17.5 Å². The van der Waals surface area contributed by atoms with Crippen LogP contribution >= 0.6 is 11.8 Å². The molecule has 0 bridgehead atoms. The molecule has 9 heteroatoms. The minimum absolute atomic E-state index is 0.0685. The molecule has 1 fully saturated rings. The van der Waals surface area contributed by atoms with Crippen LogP contribution < -0.4 is 5.32 Å². The molecule has 1 aliphatic heterocycles. The van der Waals surface area contributed by atoms with E-state index in [1.807, 2.05) is 4.57 Å². The van der Waals surface area contributed by atoms with E-state index in [9.17, 15) is 9.18 Å². The Balaban J connectivity index is 1.79. The molecule has 0 saturated carbocycles. The van der Waals surface area contributed by atoms with Crippen molar-refractivity contribution in [2.45, 2.75) is 11.7 Å². The highest BCUT2D eigenvalue weighted by molar-refractivity contribution is 7.99. The van der Waals surface area contributed by atoms with E-state index < -0.39 is 0 Å². The molecule has 1 amide bonds. The van der Waals surface area contributed by atoms with Crippen LogP contribution in [0, 0.1) is 5.82 Å². The lowest BCUT2D eigenvalue weighted by Crippen LogP contribution is -2.38. The van der Waals surface area contributed by atoms with Gasteiger partial charge in [0.15, 0.2) is 11.0 Å². The van der Waals surface area contributed by atoms with Crippen molar-refractivity contribution in [3.63, 3.8) is 0 Å². The van der Waals surface area contributed by atoms with Crippen LogP contribution in [-0.2, 0) is 16.1 Å². The minimum atomic E-state index is -0.289. The van der Waals surface area contributed by atoms with Gasteiger partial charge in [-0.3, -0.25) is 9.69 Å². The number of morpholine rings is 1. The smallest absolute Gasteiger partial charge is 0.230 e. The van der Waals surface area contributed by atoms with Crippen LogP contribution in [-0.4, -0.2) is 71.2 Å². The Bertz CT molecular complexity index is 731. The predicted molar refractivity (Wildman–Crippen MR) is 97.5 cm³/mol. The summed E-state index contributed by atoms with van der Waals surface area (Å²) in [6.45, 7) is 4.80. The van der Waals surface area contributed by atoms with Crippen LogP contribution in [0.5, 0.6) is 0 Å². The molecule has 1 aromatic heterocycles. The van der Waals surface area contributed by atoms with E-state index in [4.69, 9.17) is 4.74 Å². The average Bonchev–Trinajstić information content (AvgIpc) is 3.08. The Labute approximate surface area is 155 Å². The third kappa shape index (κ3) is 4.80. The van der Waals surface area contributed by atoms with E-state index in [0.29, 0.717) is 17.5 Å². The number of aromatic nitrogens is 3. The van der Waals surface area contributed by atoms with Crippen molar-refractivity contribution in [1.29, 1.82) is 0 Å². The molecule has 0 radical (unpaired) electrons. The van der Waals surface area contributed by atoms with Gasteiger partial charge in [-0.25, -0.2) is 4.39 Å². The zero-order chi connectivity index (χ0) is 18.4. The number of halogens is 1. The molecule has 2 aromatic rings. The maximum absolute atomic E-state index is 13.2. The average molecular weight is 379 g/mol. The van der Waals surface area contributed by atoms with Crippen LogP contribution in [0.1, 0.15) is 0 Å². The van der Waals surface area contributed by atoms with Gasteiger partial charge in [-0.15, -0.1) is 10.2 Å². The van der Waals surface area contributed by atoms with Crippen molar-refractivity contribution < 1.29 is 13.9 Å². The standard InChI is InChI=1S/C17H22FN5O2S/c1-19-15(24)12-26-17-21-20-16(13-2-4-14(18)5-3-13)23(17)7-6-22-8-10-25-11-9-22/h2-5H,6-12H2,1H3,(H,19,24). The molecule has 26 heavy (non-hydrogen) atoms. The number of rotatable bonds is 7. The van der Waals surface area contributed by atoms with Gasteiger partial charge < -0.3 is 14.6 Å². The number of thioether (sulfide) groups is 1. The van der Waals surface area contributed by atoms with Gasteiger partial charge in [0, 0.05) is 38.8 Å². The zero-order valence-corrected chi connectivity index (χ0v) is 15.5. The first-order chi connectivity index (χ1) is 12.7. The second-order valence-electron chi connectivity index (χ2n) is 5.88. The fourth-order valence-electron chi connectivity index (χ4n) is 2.68. The lowest BCUT2D eigenvalue weighted by molar-refractivity contribution is -0.118. The summed E-state index contributed by atoms with van der Waals surface area (Å²) in [5, 5.41) is 11.8. The summed E-state index contributed by atoms with van der Waals surface area (Å²) in [5.74, 6) is 0.594. The third-order valence-corrected chi connectivity index (χ3v) is 5.14. The van der Waals surface area contributed by atoms with E-state index in [0.717, 1.165) is 38.4 Å². The minimum Gasteiger partial charge on any atom is -0.379 e. The first-order valence-corrected chi connectivity index (χ1v) is 9.48. The van der Waals surface area contributed by atoms with Gasteiger partial charge in [0.2, 0.25) is 5.91 Å². The molecule has 0 atom stereocenters. The summed E-state index contributed by atoms with van der Waals surface area (Å²) in [6, 6.07) is 6.21. The van der Waals surface area contributed by atoms with Gasteiger partial charge >= 0.3 is 0 Å². The Kier molecular flexibility index (Phi) is 6.59. The Morgan fingerprint density at radius 3 is 2.65 bits per heavy atom. The molecule has 2 heterocycles. The largest absolute Gasteiger partial charge is 0.379 e. The molecule has 7 nitrogen and oxygen atoms in total. The van der Waals surface area contributed by atoms with E-state index in [2.05, 4.69) is 20.4 Å². The van der Waals surface area contributed by atoms with Crippen molar-refractivity contribution in [2.75, 3.05) is 45.6 Å². The molecule has 0 unspecified atom stereocenters. The summed E-state index contributed by atoms with van der Waals surface area (Å²) in [6.07, 6.45) is 0. The number of nitrogens with one attached hydrogen (secondary N) is 1. The van der Waals surface area contributed by atoms with Gasteiger partial charge in [-0.2, -0.15) is 0 Å². The summed E-state index contributed by atoms with van der Waals surface area (Å²) in [4.78, 5) is 13.9. The normalized spacial score (nSPS) is 15.2. The highest BCUT2D eigenvalue weighted by Crippen LogP contribution is 2.24. The molecule has 3 rings (SSSR count). The third-order valence-electron chi connectivity index (χ3n) is 4.17. The topological polar surface area (TPSA) is 72.3 Å². The van der Waals surface area contributed by atoms with E-state index >= 15 is 0 Å². The number of benzene rings is 1. The lowest BCUT2D eigenvalue weighted by Gasteiger charge is -2.27. The number of ether oxygens (including phenoxy) is 1. The summed E-state index contributed by atoms with van der Waals surface area (Å²) in [7, 11) is 1.61. The number of amides is 1. The second kappa shape index (κ2) is 9.11. The van der Waals surface area contributed by atoms with Crippen molar-refractivity contribution in [3.8, 4) is 11.4 Å². The quantitative estimate of drug-likeness (QED) is 0.730. The molecule has 0 aliphatic carbocycles. The number of hydrogen-bond donors (Lipinski definition) is 1. The number of hydrogen-bond acceptors (Lipinski definition) is 6. The molecule has 1 saturated heterocycles. The van der Waals surface area contributed by atoms with E-state index in [1.54, 1.807) is 19.2 Å². The van der Waals surface area contributed by atoms with Gasteiger partial charge in [0.05, 0.1) is 19.0 Å². The van der Waals surface area contributed by atoms with Crippen molar-refractivity contribution in [3.05, 3.63) is 30.1 Å². The van der Waals surface area contributed by atoms with Gasteiger partial charge in [0.25, 0.3) is 0 Å². The SMILES string of the molecule is CNC(=O)CSc1nnc(-c2ccc(F)cc2)n1CCN1CCOCC1. The second-order valence-corrected chi connectivity index (χ2v) is 6.82. The van der Waals surface area contributed by atoms with Gasteiger partial charge in [-0.1, -0.05) is 11.8 Å². The first-order valence-electron chi connectivity index (χ1n) is 8.50. The first kappa shape index (κ1) is 18.8. The van der Waals surface area contributed by atoms with Crippen LogP contribution in [0.25, 0.3) is 11.4 Å². The molecular formula is C17H22FN5O2S. The Morgan fingerprint density at radius 2 is 1.96 bits per heavy atom. The predicted octanol–water partition coefficient (Wildman–Crippen LogP) is 1.25. The highest BCUT2D eigenvalue weighted by Gasteiger charge is 2.17. The molecule has 140 valence electrons. The molecule has 0 spiro atoms. The summed E-state index contributed by atoms with van der Waals surface area (Å²) in [5.41, 5.74) is 0.799. The molecule has 1 N–H and O–H groups in total. The van der Waals surface area contributed by atoms with E-state index in [1.165, 1.54) is 23.9 Å². The summed E-state index contributed by atoms with van der Waals surface area (Å²) < 4.78 is 20.6. The van der Waals surface area contributed by atoms with Gasteiger partial charge in [0.1, 0.15) is 5.82 Å². The Morgan fingerprint density at radius 1 is 1.23 bits per heavy atom. The zero-order valence-electron chi connectivity index (χ0n) is 14.7. The van der Waals surface area contributed by atoms with Crippen LogP contribution in [0.15, 0.2) is 29.4 Å². The fraction of sp³-hybridized carbons (Fsp3) is 0.471. The lowest BCUT2D eigenvalue weighted by atomic mass is 10.2. The molecular weight excluding hydrogens is 357 g/mol. The van der Waals surface area contributed by atoms with Crippen molar-refractivity contribution in [2.24, 2.45) is 0 Å². The maximum Gasteiger partial charge on any atom is 0.230 e. The van der Waals surface area contributed by atoms with Crippen molar-refractivity contribution >= 4 is 17.7 Å². The summed E-state index contributed by atoms with van der Waals surface area (Å²) >= 11 is 1.35. The fourth-order valence-corrected chi connectivity index (χ4v) is 3.51. The maximum atomic E-state index is 13.2. The van der Waals surface area contributed by atoms with Gasteiger partial charge in [-0.05, 0) is 24.3 Å². The monoisotopic (exact) mass is 379 g/mol. The molecule has 1 aromatic carbocycles. The molecule has 1 aliphatic rings. The Hall–Kier alpha value is -1.97. The number of carbonyl (C=O) groups excluding carboxylic acids is 1. The van der Waals surface area contributed by atoms with Crippen LogP contribution in [0.2, 0.25) is 0 Å². The van der Waals surface area contributed by atoms with Crippen LogP contribution in [0.3, 0.4) is 0 Å². The number of nitrogens with zero attached hydrogens (tertiary/aromatic N) is 4. The van der Waals surface area contributed by atoms with Crippen molar-refractivity contribution in [1.82, 2.24) is 25.0 Å². The van der Waals surface area contributed by atoms with Crippen LogP contribution in [0.4, 0.5) is 4.39 Å².